The van der Waals surface area contributed by atoms with Crippen LogP contribution in [0.4, 0.5) is 0 Å². The summed E-state index contributed by atoms with van der Waals surface area (Å²) in [5.74, 6) is 1.82. The Morgan fingerprint density at radius 2 is 0.953 bits per heavy atom. The molecule has 8 rings (SSSR count). The molecule has 0 bridgehead atoms. The summed E-state index contributed by atoms with van der Waals surface area (Å²) in [5, 5.41) is 2.67. The van der Waals surface area contributed by atoms with E-state index in [-0.39, 0.29) is 5.43 Å². The predicted molar refractivity (Wildman–Crippen MR) is 174 cm³/mol. The highest BCUT2D eigenvalue weighted by Crippen LogP contribution is 2.33. The van der Waals surface area contributed by atoms with Crippen LogP contribution in [0.15, 0.2) is 150 Å². The molecule has 0 fully saturated rings. The minimum atomic E-state index is 0.00339. The molecule has 202 valence electrons. The zero-order valence-electron chi connectivity index (χ0n) is 23.1. The number of hydrogen-bond donors (Lipinski definition) is 0. The SMILES string of the molecule is O=c1cc2c3ccc(-c4nc(-c5ccccc5)nc(-c5ccccc5)n4)cc3cc(-c3ccccc3)n2c2ccccc12. The maximum absolute atomic E-state index is 13.3. The molecule has 0 radical (unpaired) electrons. The summed E-state index contributed by atoms with van der Waals surface area (Å²) in [6.45, 7) is 0. The van der Waals surface area contributed by atoms with Crippen LogP contribution in [-0.2, 0) is 0 Å². The van der Waals surface area contributed by atoms with Gasteiger partial charge in [-0.15, -0.1) is 0 Å². The van der Waals surface area contributed by atoms with E-state index < -0.39 is 0 Å². The largest absolute Gasteiger partial charge is 0.308 e. The molecule has 3 aromatic heterocycles. The Hall–Kier alpha value is -5.94. The first-order valence-corrected chi connectivity index (χ1v) is 14.2. The van der Waals surface area contributed by atoms with E-state index in [9.17, 15) is 4.79 Å². The van der Waals surface area contributed by atoms with E-state index in [0.29, 0.717) is 22.9 Å². The minimum absolute atomic E-state index is 0.00339. The van der Waals surface area contributed by atoms with Gasteiger partial charge in [0.15, 0.2) is 22.9 Å². The highest BCUT2D eigenvalue weighted by Gasteiger charge is 2.16. The fourth-order valence-electron chi connectivity index (χ4n) is 5.76. The summed E-state index contributed by atoms with van der Waals surface area (Å²) in [4.78, 5) is 28.0. The fraction of sp³-hybridized carbons (Fsp3) is 0. The first-order valence-electron chi connectivity index (χ1n) is 14.2. The predicted octanol–water partition coefficient (Wildman–Crippen LogP) is 8.46. The molecule has 0 saturated heterocycles. The zero-order chi connectivity index (χ0) is 28.8. The van der Waals surface area contributed by atoms with E-state index >= 15 is 0 Å². The van der Waals surface area contributed by atoms with Crippen LogP contribution in [0, 0.1) is 0 Å². The van der Waals surface area contributed by atoms with Crippen molar-refractivity contribution in [1.29, 1.82) is 0 Å². The molecule has 0 unspecified atom stereocenters. The molecule has 8 aromatic rings. The number of aromatic nitrogens is 4. The van der Waals surface area contributed by atoms with Crippen LogP contribution >= 0.6 is 0 Å². The smallest absolute Gasteiger partial charge is 0.190 e. The highest BCUT2D eigenvalue weighted by molar-refractivity contribution is 6.03. The quantitative estimate of drug-likeness (QED) is 0.206. The van der Waals surface area contributed by atoms with Gasteiger partial charge in [0, 0.05) is 33.5 Å². The van der Waals surface area contributed by atoms with Crippen LogP contribution in [0.25, 0.3) is 72.6 Å². The molecule has 3 heterocycles. The van der Waals surface area contributed by atoms with Crippen LogP contribution in [-0.4, -0.2) is 19.4 Å². The molecule has 0 aliphatic heterocycles. The maximum atomic E-state index is 13.3. The van der Waals surface area contributed by atoms with E-state index in [1.54, 1.807) is 6.07 Å². The van der Waals surface area contributed by atoms with Crippen molar-refractivity contribution in [3.05, 3.63) is 156 Å². The molecule has 5 aromatic carbocycles. The summed E-state index contributed by atoms with van der Waals surface area (Å²) in [6.07, 6.45) is 0. The van der Waals surface area contributed by atoms with Crippen LogP contribution in [0.2, 0.25) is 0 Å². The van der Waals surface area contributed by atoms with Crippen LogP contribution in [0.1, 0.15) is 0 Å². The van der Waals surface area contributed by atoms with Crippen molar-refractivity contribution < 1.29 is 0 Å². The van der Waals surface area contributed by atoms with E-state index in [1.165, 1.54) is 0 Å². The Kier molecular flexibility index (Phi) is 5.86. The summed E-state index contributed by atoms with van der Waals surface area (Å²) in [7, 11) is 0. The highest BCUT2D eigenvalue weighted by atomic mass is 16.1. The second-order valence-corrected chi connectivity index (χ2v) is 10.5. The number of nitrogens with zero attached hydrogens (tertiary/aromatic N) is 4. The second-order valence-electron chi connectivity index (χ2n) is 10.5. The van der Waals surface area contributed by atoms with Crippen molar-refractivity contribution in [2.45, 2.75) is 0 Å². The number of pyridine rings is 2. The Morgan fingerprint density at radius 1 is 0.419 bits per heavy atom. The van der Waals surface area contributed by atoms with E-state index in [1.807, 2.05) is 109 Å². The summed E-state index contributed by atoms with van der Waals surface area (Å²) in [5.41, 5.74) is 6.53. The Morgan fingerprint density at radius 3 is 1.58 bits per heavy atom. The van der Waals surface area contributed by atoms with Gasteiger partial charge >= 0.3 is 0 Å². The van der Waals surface area contributed by atoms with Gasteiger partial charge in [0.25, 0.3) is 0 Å². The fourth-order valence-corrected chi connectivity index (χ4v) is 5.76. The van der Waals surface area contributed by atoms with Gasteiger partial charge in [0.05, 0.1) is 16.7 Å². The lowest BCUT2D eigenvalue weighted by atomic mass is 10.0. The standard InChI is InChI=1S/C38H24N4O/c43-35-24-34-30-21-20-28(38-40-36(26-14-6-2-7-15-26)39-37(41-38)27-16-8-3-9-17-27)22-29(30)23-33(25-12-4-1-5-13-25)42(34)32-19-11-10-18-31(32)35/h1-24H. The van der Waals surface area contributed by atoms with Crippen molar-refractivity contribution in [3.63, 3.8) is 0 Å². The Balaban J connectivity index is 1.41. The molecule has 0 aliphatic carbocycles. The third-order valence-electron chi connectivity index (χ3n) is 7.81. The molecular formula is C38H24N4O. The van der Waals surface area contributed by atoms with E-state index in [0.717, 1.165) is 49.8 Å². The number of benzene rings is 5. The van der Waals surface area contributed by atoms with Gasteiger partial charge in [-0.25, -0.2) is 15.0 Å². The molecule has 0 saturated carbocycles. The van der Waals surface area contributed by atoms with Crippen molar-refractivity contribution in [2.24, 2.45) is 0 Å². The lowest BCUT2D eigenvalue weighted by Crippen LogP contribution is -2.07. The van der Waals surface area contributed by atoms with Gasteiger partial charge in [-0.1, -0.05) is 115 Å². The number of fused-ring (bicyclic) bond motifs is 5. The number of para-hydroxylation sites is 1. The van der Waals surface area contributed by atoms with Crippen LogP contribution in [0.3, 0.4) is 0 Å². The van der Waals surface area contributed by atoms with E-state index in [2.05, 4.69) is 34.7 Å². The summed E-state index contributed by atoms with van der Waals surface area (Å²) >= 11 is 0. The Bertz CT molecular complexity index is 2290. The molecule has 5 heteroatoms. The topological polar surface area (TPSA) is 60.2 Å². The van der Waals surface area contributed by atoms with Crippen molar-refractivity contribution >= 4 is 27.2 Å². The third-order valence-corrected chi connectivity index (χ3v) is 7.81. The monoisotopic (exact) mass is 552 g/mol. The molecule has 0 amide bonds. The molecule has 0 aliphatic rings. The molecule has 0 N–H and O–H groups in total. The molecule has 43 heavy (non-hydrogen) atoms. The minimum Gasteiger partial charge on any atom is -0.308 e. The van der Waals surface area contributed by atoms with Crippen LogP contribution < -0.4 is 5.43 Å². The number of rotatable bonds is 4. The molecule has 0 atom stereocenters. The first-order chi connectivity index (χ1) is 21.2. The normalized spacial score (nSPS) is 11.3. The lowest BCUT2D eigenvalue weighted by Gasteiger charge is -2.16. The molecule has 5 nitrogen and oxygen atoms in total. The van der Waals surface area contributed by atoms with Crippen LogP contribution in [0.5, 0.6) is 0 Å². The lowest BCUT2D eigenvalue weighted by molar-refractivity contribution is 1.07. The van der Waals surface area contributed by atoms with Crippen molar-refractivity contribution in [1.82, 2.24) is 19.4 Å². The molecule has 0 spiro atoms. The average Bonchev–Trinajstić information content (AvgIpc) is 3.09. The van der Waals surface area contributed by atoms with Gasteiger partial charge in [-0.3, -0.25) is 4.79 Å². The third kappa shape index (κ3) is 4.35. The Labute approximate surface area is 247 Å². The van der Waals surface area contributed by atoms with Crippen molar-refractivity contribution in [2.75, 3.05) is 0 Å². The zero-order valence-corrected chi connectivity index (χ0v) is 23.1. The maximum Gasteiger partial charge on any atom is 0.190 e. The van der Waals surface area contributed by atoms with E-state index in [4.69, 9.17) is 15.0 Å². The first kappa shape index (κ1) is 24.8. The second kappa shape index (κ2) is 10.2. The van der Waals surface area contributed by atoms with Gasteiger partial charge in [0.1, 0.15) is 0 Å². The van der Waals surface area contributed by atoms with Gasteiger partial charge in [0.2, 0.25) is 0 Å². The summed E-state index contributed by atoms with van der Waals surface area (Å²) in [6, 6.07) is 48.2. The molecular weight excluding hydrogens is 528 g/mol. The average molecular weight is 553 g/mol. The van der Waals surface area contributed by atoms with Gasteiger partial charge in [-0.2, -0.15) is 0 Å². The van der Waals surface area contributed by atoms with Gasteiger partial charge < -0.3 is 4.40 Å². The summed E-state index contributed by atoms with van der Waals surface area (Å²) < 4.78 is 2.19. The van der Waals surface area contributed by atoms with Gasteiger partial charge in [-0.05, 0) is 35.2 Å². The number of hydrogen-bond acceptors (Lipinski definition) is 4. The van der Waals surface area contributed by atoms with Crippen molar-refractivity contribution in [3.8, 4) is 45.4 Å².